The molecule has 1 saturated carbocycles. The molecule has 208 valence electrons. The largest absolute Gasteiger partial charge is 0.497 e. The van der Waals surface area contributed by atoms with Crippen molar-refractivity contribution in [1.29, 1.82) is 0 Å². The van der Waals surface area contributed by atoms with Gasteiger partial charge in [-0.1, -0.05) is 24.0 Å². The Kier molecular flexibility index (Phi) is 8.52. The Labute approximate surface area is 229 Å². The van der Waals surface area contributed by atoms with Crippen LogP contribution in [0.15, 0.2) is 48.5 Å². The van der Waals surface area contributed by atoms with Gasteiger partial charge in [0.15, 0.2) is 14.6 Å². The summed E-state index contributed by atoms with van der Waals surface area (Å²) in [4.78, 5) is 25.4. The second-order valence-electron chi connectivity index (χ2n) is 10.3. The van der Waals surface area contributed by atoms with Gasteiger partial charge in [-0.15, -0.1) is 0 Å². The van der Waals surface area contributed by atoms with Crippen molar-refractivity contribution in [3.8, 4) is 17.6 Å². The molecule has 0 aromatic heterocycles. The van der Waals surface area contributed by atoms with Crippen LogP contribution in [-0.4, -0.2) is 63.0 Å². The van der Waals surface area contributed by atoms with E-state index >= 15 is 0 Å². The topological polar surface area (TPSA) is 119 Å². The summed E-state index contributed by atoms with van der Waals surface area (Å²) in [5.41, 5.74) is 2.50. The minimum atomic E-state index is -3.92. The van der Waals surface area contributed by atoms with Crippen molar-refractivity contribution < 1.29 is 37.3 Å². The van der Waals surface area contributed by atoms with Crippen LogP contribution < -0.4 is 9.64 Å². The first kappa shape index (κ1) is 28.5. The van der Waals surface area contributed by atoms with E-state index in [1.165, 1.54) is 4.90 Å². The molecule has 0 bridgehead atoms. The van der Waals surface area contributed by atoms with Gasteiger partial charge in [0, 0.05) is 36.5 Å². The van der Waals surface area contributed by atoms with E-state index in [-0.39, 0.29) is 13.0 Å². The van der Waals surface area contributed by atoms with E-state index in [0.717, 1.165) is 42.9 Å². The molecular formula is C29H33NO8S. The van der Waals surface area contributed by atoms with Crippen molar-refractivity contribution in [2.75, 3.05) is 31.4 Å². The van der Waals surface area contributed by atoms with E-state index in [2.05, 4.69) is 11.8 Å². The van der Waals surface area contributed by atoms with Gasteiger partial charge >= 0.3 is 12.1 Å². The van der Waals surface area contributed by atoms with Crippen LogP contribution >= 0.6 is 0 Å². The Morgan fingerprint density at radius 2 is 1.82 bits per heavy atom. The third-order valence-corrected chi connectivity index (χ3v) is 9.36. The molecule has 1 amide bonds. The minimum absolute atomic E-state index is 0.0618. The molecular weight excluding hydrogens is 522 g/mol. The lowest BCUT2D eigenvalue weighted by Crippen LogP contribution is -2.46. The number of amides is 1. The fraction of sp³-hybridized carbons (Fsp3) is 0.448. The summed E-state index contributed by atoms with van der Waals surface area (Å²) in [5.74, 6) is 6.68. The number of aliphatic carboxylic acids is 1. The molecule has 1 aliphatic heterocycles. The number of nitrogens with zero attached hydrogens (tertiary/aromatic N) is 1. The molecule has 9 nitrogen and oxygen atoms in total. The van der Waals surface area contributed by atoms with Gasteiger partial charge in [0.25, 0.3) is 0 Å². The maximum absolute atomic E-state index is 12.4. The van der Waals surface area contributed by atoms with Crippen molar-refractivity contribution in [2.24, 2.45) is 11.8 Å². The molecule has 1 N–H and O–H groups in total. The predicted octanol–water partition coefficient (Wildman–Crippen LogP) is 3.89. The Balaban J connectivity index is 1.24. The normalized spacial score (nSPS) is 22.2. The van der Waals surface area contributed by atoms with Gasteiger partial charge in [0.1, 0.15) is 11.9 Å². The molecule has 0 spiro atoms. The SMILES string of the molecule is COc1ccc(COCC2CC(C#Cc3ccc(N4CC(CC(C)(C(=O)O)S(C)(=O)=O)OC4=O)cc3)C2)cc1. The van der Waals surface area contributed by atoms with Crippen LogP contribution in [0.2, 0.25) is 0 Å². The van der Waals surface area contributed by atoms with Crippen LogP contribution in [0.5, 0.6) is 5.75 Å². The van der Waals surface area contributed by atoms with Crippen LogP contribution in [-0.2, 0) is 30.7 Å². The lowest BCUT2D eigenvalue weighted by Gasteiger charge is -2.31. The van der Waals surface area contributed by atoms with Crippen molar-refractivity contribution in [1.82, 2.24) is 0 Å². The minimum Gasteiger partial charge on any atom is -0.497 e. The maximum atomic E-state index is 12.4. The lowest BCUT2D eigenvalue weighted by atomic mass is 9.76. The maximum Gasteiger partial charge on any atom is 0.414 e. The predicted molar refractivity (Wildman–Crippen MR) is 145 cm³/mol. The fourth-order valence-corrected chi connectivity index (χ4v) is 5.44. The van der Waals surface area contributed by atoms with E-state index in [1.54, 1.807) is 19.2 Å². The Morgan fingerprint density at radius 3 is 2.41 bits per heavy atom. The van der Waals surface area contributed by atoms with Crippen LogP contribution in [0, 0.1) is 23.7 Å². The zero-order valence-electron chi connectivity index (χ0n) is 22.3. The first-order chi connectivity index (χ1) is 18.5. The smallest absolute Gasteiger partial charge is 0.414 e. The van der Waals surface area contributed by atoms with Crippen LogP contribution in [0.3, 0.4) is 0 Å². The second kappa shape index (κ2) is 11.7. The number of ether oxygens (including phenoxy) is 3. The molecule has 2 atom stereocenters. The lowest BCUT2D eigenvalue weighted by molar-refractivity contribution is -0.140. The standard InChI is InChI=1S/C29H33NO8S/c1-29(27(31)32,39(3,34)35)16-26-17-30(28(33)38-26)24-10-6-20(7-11-24)4-5-22-14-23(15-22)19-37-18-21-8-12-25(36-2)13-9-21/h6-13,22-23,26H,14-19H2,1-3H3,(H,31,32). The number of carboxylic acid groups (broad SMARTS) is 1. The van der Waals surface area contributed by atoms with Crippen molar-refractivity contribution in [3.05, 3.63) is 59.7 Å². The highest BCUT2D eigenvalue weighted by molar-refractivity contribution is 7.92. The number of carboxylic acids is 1. The highest BCUT2D eigenvalue weighted by Gasteiger charge is 2.48. The number of sulfone groups is 1. The number of carbonyl (C=O) groups excluding carboxylic acids is 1. The summed E-state index contributed by atoms with van der Waals surface area (Å²) >= 11 is 0. The fourth-order valence-electron chi connectivity index (χ4n) is 4.64. The summed E-state index contributed by atoms with van der Waals surface area (Å²) in [5, 5.41) is 9.47. The van der Waals surface area contributed by atoms with Gasteiger partial charge in [-0.3, -0.25) is 9.69 Å². The summed E-state index contributed by atoms with van der Waals surface area (Å²) in [6.07, 6.45) is 1.03. The molecule has 2 aromatic carbocycles. The highest BCUT2D eigenvalue weighted by Crippen LogP contribution is 2.34. The Bertz CT molecular complexity index is 1350. The summed E-state index contributed by atoms with van der Waals surface area (Å²) < 4.78 is 38.4. The second-order valence-corrected chi connectivity index (χ2v) is 12.8. The van der Waals surface area contributed by atoms with Gasteiger partial charge in [-0.05, 0) is 67.6 Å². The van der Waals surface area contributed by atoms with Crippen molar-refractivity contribution in [2.45, 2.75) is 43.6 Å². The van der Waals surface area contributed by atoms with Crippen LogP contribution in [0.25, 0.3) is 0 Å². The molecule has 10 heteroatoms. The number of methoxy groups -OCH3 is 1. The molecule has 0 radical (unpaired) electrons. The number of hydrogen-bond acceptors (Lipinski definition) is 7. The highest BCUT2D eigenvalue weighted by atomic mass is 32.2. The number of cyclic esters (lactones) is 1. The van der Waals surface area contributed by atoms with E-state index in [9.17, 15) is 23.1 Å². The zero-order chi connectivity index (χ0) is 28.2. The Morgan fingerprint density at radius 1 is 1.15 bits per heavy atom. The molecule has 39 heavy (non-hydrogen) atoms. The number of rotatable bonds is 10. The zero-order valence-corrected chi connectivity index (χ0v) is 23.1. The van der Waals surface area contributed by atoms with Gasteiger partial charge in [0.2, 0.25) is 0 Å². The van der Waals surface area contributed by atoms with E-state index < -0.39 is 32.8 Å². The molecule has 1 saturated heterocycles. The van der Waals surface area contributed by atoms with E-state index in [1.807, 2.05) is 36.4 Å². The average molecular weight is 556 g/mol. The molecule has 2 fully saturated rings. The quantitative estimate of drug-likeness (QED) is 0.439. The number of hydrogen-bond donors (Lipinski definition) is 1. The summed E-state index contributed by atoms with van der Waals surface area (Å²) in [7, 11) is -2.28. The van der Waals surface area contributed by atoms with Gasteiger partial charge in [-0.2, -0.15) is 0 Å². The number of benzene rings is 2. The average Bonchev–Trinajstić information content (AvgIpc) is 3.24. The number of carbonyl (C=O) groups is 2. The van der Waals surface area contributed by atoms with E-state index in [0.29, 0.717) is 30.7 Å². The van der Waals surface area contributed by atoms with Crippen LogP contribution in [0.1, 0.15) is 37.3 Å². The van der Waals surface area contributed by atoms with Crippen molar-refractivity contribution in [3.63, 3.8) is 0 Å². The monoisotopic (exact) mass is 555 g/mol. The van der Waals surface area contributed by atoms with Gasteiger partial charge in [-0.25, -0.2) is 13.2 Å². The molecule has 1 heterocycles. The molecule has 2 aromatic rings. The van der Waals surface area contributed by atoms with Crippen molar-refractivity contribution >= 4 is 27.6 Å². The summed E-state index contributed by atoms with van der Waals surface area (Å²) in [6, 6.07) is 15.0. The molecule has 2 unspecified atom stereocenters. The first-order valence-electron chi connectivity index (χ1n) is 12.7. The molecule has 4 rings (SSSR count). The third kappa shape index (κ3) is 6.72. The van der Waals surface area contributed by atoms with Gasteiger partial charge < -0.3 is 19.3 Å². The number of anilines is 1. The first-order valence-corrected chi connectivity index (χ1v) is 14.6. The Hall–Kier alpha value is -3.55. The summed E-state index contributed by atoms with van der Waals surface area (Å²) in [6.45, 7) is 2.48. The third-order valence-electron chi connectivity index (χ3n) is 7.38. The molecule has 1 aliphatic carbocycles. The van der Waals surface area contributed by atoms with E-state index in [4.69, 9.17) is 14.2 Å². The van der Waals surface area contributed by atoms with Gasteiger partial charge in [0.05, 0.1) is 20.3 Å². The molecule has 2 aliphatic rings. The van der Waals surface area contributed by atoms with Crippen LogP contribution in [0.4, 0.5) is 10.5 Å².